The molecule has 26 heavy (non-hydrogen) atoms. The molecule has 1 aromatic carbocycles. The Hall–Kier alpha value is -2.86. The first kappa shape index (κ1) is 16.6. The molecule has 0 spiro atoms. The van der Waals surface area contributed by atoms with Gasteiger partial charge in [0, 0.05) is 24.3 Å². The van der Waals surface area contributed by atoms with Crippen LogP contribution in [-0.2, 0) is 11.2 Å². The number of hydrogen-bond acceptors (Lipinski definition) is 4. The molecule has 2 N–H and O–H groups in total. The molecule has 4 aromatic rings. The first-order valence-corrected chi connectivity index (χ1v) is 8.79. The van der Waals surface area contributed by atoms with Gasteiger partial charge in [-0.3, -0.25) is 5.10 Å². The SMILES string of the molecule is CCc1c(-c2ccc(OCCOC)cc2)nc2nc(C)c3c[nH][nH]c3c12. The van der Waals surface area contributed by atoms with E-state index in [1.165, 1.54) is 5.56 Å². The normalized spacial score (nSPS) is 11.5. The molecule has 0 radical (unpaired) electrons. The summed E-state index contributed by atoms with van der Waals surface area (Å²) in [4.78, 5) is 9.55. The molecule has 0 amide bonds. The zero-order valence-corrected chi connectivity index (χ0v) is 15.2. The summed E-state index contributed by atoms with van der Waals surface area (Å²) >= 11 is 0. The van der Waals surface area contributed by atoms with Gasteiger partial charge in [-0.05, 0) is 43.2 Å². The van der Waals surface area contributed by atoms with Crippen LogP contribution in [0.2, 0.25) is 0 Å². The smallest absolute Gasteiger partial charge is 0.162 e. The van der Waals surface area contributed by atoms with Crippen LogP contribution in [0.1, 0.15) is 18.2 Å². The third-order valence-electron chi connectivity index (χ3n) is 4.66. The molecule has 3 aromatic heterocycles. The van der Waals surface area contributed by atoms with E-state index in [1.54, 1.807) is 7.11 Å². The van der Waals surface area contributed by atoms with Crippen LogP contribution >= 0.6 is 0 Å². The van der Waals surface area contributed by atoms with Gasteiger partial charge in [0.2, 0.25) is 0 Å². The maximum Gasteiger partial charge on any atom is 0.162 e. The topological polar surface area (TPSA) is 75.8 Å². The van der Waals surface area contributed by atoms with Gasteiger partial charge in [0.25, 0.3) is 0 Å². The van der Waals surface area contributed by atoms with Crippen LogP contribution in [-0.4, -0.2) is 40.5 Å². The van der Waals surface area contributed by atoms with Gasteiger partial charge in [-0.15, -0.1) is 0 Å². The minimum absolute atomic E-state index is 0.541. The van der Waals surface area contributed by atoms with E-state index in [2.05, 4.69) is 17.1 Å². The van der Waals surface area contributed by atoms with Gasteiger partial charge in [-0.25, -0.2) is 9.97 Å². The summed E-state index contributed by atoms with van der Waals surface area (Å²) in [6.07, 6.45) is 2.84. The maximum atomic E-state index is 5.65. The predicted molar refractivity (Wildman–Crippen MR) is 103 cm³/mol. The molecule has 0 saturated heterocycles. The standard InChI is InChI=1S/C20H22N4O2/c1-4-15-17-19-16(11-21-24-19)12(2)22-20(17)23-18(15)13-5-7-14(8-6-13)26-10-9-25-3/h5-8,11,21,24H,4,9-10H2,1-3H3. The lowest BCUT2D eigenvalue weighted by atomic mass is 10.0. The summed E-state index contributed by atoms with van der Waals surface area (Å²) < 4.78 is 10.7. The van der Waals surface area contributed by atoms with E-state index < -0.39 is 0 Å². The summed E-state index contributed by atoms with van der Waals surface area (Å²) in [7, 11) is 1.67. The van der Waals surface area contributed by atoms with Crippen LogP contribution in [0.15, 0.2) is 30.5 Å². The molecule has 0 aliphatic rings. The van der Waals surface area contributed by atoms with Gasteiger partial charge in [0.05, 0.1) is 28.9 Å². The average Bonchev–Trinajstić information content (AvgIpc) is 3.27. The van der Waals surface area contributed by atoms with Crippen molar-refractivity contribution in [2.45, 2.75) is 20.3 Å². The fourth-order valence-corrected chi connectivity index (χ4v) is 3.38. The van der Waals surface area contributed by atoms with Crippen LogP contribution in [0.25, 0.3) is 33.2 Å². The lowest BCUT2D eigenvalue weighted by Crippen LogP contribution is -2.03. The van der Waals surface area contributed by atoms with Crippen molar-refractivity contribution < 1.29 is 9.47 Å². The van der Waals surface area contributed by atoms with Crippen LogP contribution in [0.3, 0.4) is 0 Å². The number of aromatic amines is 2. The number of aromatic nitrogens is 4. The lowest BCUT2D eigenvalue weighted by Gasteiger charge is -2.07. The molecule has 4 rings (SSSR count). The van der Waals surface area contributed by atoms with E-state index in [1.807, 2.05) is 37.4 Å². The van der Waals surface area contributed by atoms with Crippen molar-refractivity contribution in [3.05, 3.63) is 41.7 Å². The quantitative estimate of drug-likeness (QED) is 0.515. The number of ether oxygens (including phenoxy) is 2. The molecule has 0 bridgehead atoms. The molecule has 6 heteroatoms. The highest BCUT2D eigenvalue weighted by Crippen LogP contribution is 2.35. The Morgan fingerprint density at radius 2 is 1.88 bits per heavy atom. The van der Waals surface area contributed by atoms with Crippen molar-refractivity contribution in [2.24, 2.45) is 0 Å². The lowest BCUT2D eigenvalue weighted by molar-refractivity contribution is 0.146. The molecule has 0 fully saturated rings. The van der Waals surface area contributed by atoms with Crippen LogP contribution in [0, 0.1) is 6.92 Å². The maximum absolute atomic E-state index is 5.65. The number of H-pyrrole nitrogens is 2. The van der Waals surface area contributed by atoms with Crippen molar-refractivity contribution in [2.75, 3.05) is 20.3 Å². The number of hydrogen-bond donors (Lipinski definition) is 2. The molecule has 0 unspecified atom stereocenters. The summed E-state index contributed by atoms with van der Waals surface area (Å²) in [6, 6.07) is 8.04. The van der Waals surface area contributed by atoms with E-state index in [0.717, 1.165) is 51.1 Å². The first-order chi connectivity index (χ1) is 12.7. The molecule has 6 nitrogen and oxygen atoms in total. The van der Waals surface area contributed by atoms with E-state index >= 15 is 0 Å². The van der Waals surface area contributed by atoms with Crippen LogP contribution in [0.5, 0.6) is 5.75 Å². The molecule has 0 saturated carbocycles. The summed E-state index contributed by atoms with van der Waals surface area (Å²) in [6.45, 7) is 5.28. The highest BCUT2D eigenvalue weighted by atomic mass is 16.5. The molecule has 134 valence electrons. The number of nitrogens with zero attached hydrogens (tertiary/aromatic N) is 2. The summed E-state index contributed by atoms with van der Waals surface area (Å²) in [5, 5.41) is 8.53. The second-order valence-electron chi connectivity index (χ2n) is 6.26. The van der Waals surface area contributed by atoms with Crippen molar-refractivity contribution in [3.8, 4) is 17.0 Å². The van der Waals surface area contributed by atoms with Gasteiger partial charge in [0.1, 0.15) is 12.4 Å². The second kappa shape index (κ2) is 6.80. The first-order valence-electron chi connectivity index (χ1n) is 8.79. The van der Waals surface area contributed by atoms with Crippen molar-refractivity contribution in [3.63, 3.8) is 0 Å². The number of nitrogens with one attached hydrogen (secondary N) is 2. The monoisotopic (exact) mass is 350 g/mol. The number of aryl methyl sites for hydroxylation is 2. The Bertz CT molecular complexity index is 1050. The summed E-state index contributed by atoms with van der Waals surface area (Å²) in [5.41, 5.74) is 6.10. The van der Waals surface area contributed by atoms with E-state index in [0.29, 0.717) is 13.2 Å². The van der Waals surface area contributed by atoms with E-state index in [9.17, 15) is 0 Å². The Morgan fingerprint density at radius 3 is 2.62 bits per heavy atom. The zero-order valence-electron chi connectivity index (χ0n) is 15.2. The van der Waals surface area contributed by atoms with Crippen LogP contribution in [0.4, 0.5) is 0 Å². The summed E-state index contributed by atoms with van der Waals surface area (Å²) in [5.74, 6) is 0.829. The predicted octanol–water partition coefficient (Wildman–Crippen LogP) is 4.00. The molecule has 0 aliphatic carbocycles. The van der Waals surface area contributed by atoms with E-state index in [4.69, 9.17) is 19.4 Å². The minimum Gasteiger partial charge on any atom is -0.491 e. The molecule has 0 atom stereocenters. The van der Waals surface area contributed by atoms with Gasteiger partial charge in [-0.1, -0.05) is 6.92 Å². The fourth-order valence-electron chi connectivity index (χ4n) is 3.38. The Balaban J connectivity index is 1.79. The van der Waals surface area contributed by atoms with Gasteiger partial charge in [-0.2, -0.15) is 0 Å². The van der Waals surface area contributed by atoms with E-state index in [-0.39, 0.29) is 0 Å². The largest absolute Gasteiger partial charge is 0.491 e. The van der Waals surface area contributed by atoms with Crippen LogP contribution < -0.4 is 4.74 Å². The minimum atomic E-state index is 0.541. The third kappa shape index (κ3) is 2.72. The van der Waals surface area contributed by atoms with Gasteiger partial charge < -0.3 is 14.6 Å². The third-order valence-corrected chi connectivity index (χ3v) is 4.66. The van der Waals surface area contributed by atoms with Gasteiger partial charge in [0.15, 0.2) is 5.65 Å². The molecular weight excluding hydrogens is 328 g/mol. The van der Waals surface area contributed by atoms with Crippen molar-refractivity contribution in [1.82, 2.24) is 20.2 Å². The Morgan fingerprint density at radius 1 is 1.08 bits per heavy atom. The second-order valence-corrected chi connectivity index (χ2v) is 6.26. The highest BCUT2D eigenvalue weighted by molar-refractivity contribution is 6.07. The average molecular weight is 350 g/mol. The number of methoxy groups -OCH3 is 1. The number of fused-ring (bicyclic) bond motifs is 3. The van der Waals surface area contributed by atoms with Crippen molar-refractivity contribution >= 4 is 21.9 Å². The van der Waals surface area contributed by atoms with Crippen molar-refractivity contribution in [1.29, 1.82) is 0 Å². The Labute approximate surface area is 151 Å². The number of pyridine rings is 1. The molecule has 3 heterocycles. The van der Waals surface area contributed by atoms with Gasteiger partial charge >= 0.3 is 0 Å². The Kier molecular flexibility index (Phi) is 4.34. The fraction of sp³-hybridized carbons (Fsp3) is 0.300. The number of rotatable bonds is 6. The molecule has 0 aliphatic heterocycles. The number of benzene rings is 1. The zero-order chi connectivity index (χ0) is 18.1. The highest BCUT2D eigenvalue weighted by Gasteiger charge is 2.18. The molecular formula is C20H22N4O2.